The molecule has 0 radical (unpaired) electrons. The molecule has 2 atom stereocenters. The molecule has 1 aromatic heterocycles. The molecule has 0 aliphatic heterocycles. The van der Waals surface area contributed by atoms with Gasteiger partial charge < -0.3 is 5.32 Å². The minimum atomic E-state index is 0.355. The summed E-state index contributed by atoms with van der Waals surface area (Å²) >= 11 is 1.27. The largest absolute Gasteiger partial charge is 0.311 e. The van der Waals surface area contributed by atoms with E-state index >= 15 is 0 Å². The van der Waals surface area contributed by atoms with Gasteiger partial charge in [0.05, 0.1) is 29.7 Å². The van der Waals surface area contributed by atoms with Crippen LogP contribution >= 0.6 is 11.7 Å². The lowest BCUT2D eigenvalue weighted by Crippen LogP contribution is -2.23. The van der Waals surface area contributed by atoms with Gasteiger partial charge in [-0.05, 0) is 13.0 Å². The summed E-state index contributed by atoms with van der Waals surface area (Å²) in [6.45, 7) is 4.41. The third-order valence-electron chi connectivity index (χ3n) is 2.22. The van der Waals surface area contributed by atoms with Crippen LogP contribution in [-0.2, 0) is 0 Å². The van der Waals surface area contributed by atoms with Crippen LogP contribution in [0.1, 0.15) is 32.0 Å². The first-order valence-electron chi connectivity index (χ1n) is 4.24. The van der Waals surface area contributed by atoms with E-state index in [4.69, 9.17) is 0 Å². The summed E-state index contributed by atoms with van der Waals surface area (Å²) in [7, 11) is 1.97. The fraction of sp³-hybridized carbons (Fsp3) is 0.750. The van der Waals surface area contributed by atoms with E-state index in [9.17, 15) is 0 Å². The molecule has 0 saturated carbocycles. The second-order valence-corrected chi connectivity index (χ2v) is 3.54. The smallest absolute Gasteiger partial charge is 0.0914 e. The first-order chi connectivity index (χ1) is 5.79. The average Bonchev–Trinajstić information content (AvgIpc) is 2.58. The molecular formula is C8H15N3S. The van der Waals surface area contributed by atoms with Crippen molar-refractivity contribution in [3.05, 3.63) is 11.9 Å². The third kappa shape index (κ3) is 2.01. The zero-order valence-electron chi connectivity index (χ0n) is 7.74. The molecule has 0 aromatic carbocycles. The van der Waals surface area contributed by atoms with Gasteiger partial charge in [-0.2, -0.15) is 8.75 Å². The van der Waals surface area contributed by atoms with Gasteiger partial charge in [0, 0.05) is 0 Å². The minimum Gasteiger partial charge on any atom is -0.311 e. The molecule has 0 fully saturated rings. The lowest BCUT2D eigenvalue weighted by molar-refractivity contribution is 0.394. The predicted molar refractivity (Wildman–Crippen MR) is 51.2 cm³/mol. The molecule has 0 aliphatic carbocycles. The van der Waals surface area contributed by atoms with Crippen LogP contribution in [0.15, 0.2) is 6.20 Å². The van der Waals surface area contributed by atoms with Crippen LogP contribution < -0.4 is 5.32 Å². The van der Waals surface area contributed by atoms with Crippen LogP contribution in [0, 0.1) is 5.92 Å². The third-order valence-corrected chi connectivity index (χ3v) is 2.71. The van der Waals surface area contributed by atoms with Crippen molar-refractivity contribution in [2.45, 2.75) is 26.3 Å². The summed E-state index contributed by atoms with van der Waals surface area (Å²) in [5, 5.41) is 3.26. The molecule has 1 heterocycles. The summed E-state index contributed by atoms with van der Waals surface area (Å²) in [4.78, 5) is 0. The van der Waals surface area contributed by atoms with Crippen LogP contribution in [-0.4, -0.2) is 15.8 Å². The van der Waals surface area contributed by atoms with Crippen LogP contribution in [0.5, 0.6) is 0 Å². The van der Waals surface area contributed by atoms with Crippen molar-refractivity contribution in [3.63, 3.8) is 0 Å². The summed E-state index contributed by atoms with van der Waals surface area (Å²) in [5.41, 5.74) is 1.07. The maximum atomic E-state index is 4.22. The minimum absolute atomic E-state index is 0.355. The Morgan fingerprint density at radius 3 is 2.83 bits per heavy atom. The highest BCUT2D eigenvalue weighted by Gasteiger charge is 2.17. The Kier molecular flexibility index (Phi) is 3.62. The Morgan fingerprint density at radius 1 is 1.67 bits per heavy atom. The number of rotatable bonds is 4. The molecular weight excluding hydrogens is 170 g/mol. The molecule has 68 valence electrons. The molecule has 1 aromatic rings. The van der Waals surface area contributed by atoms with Gasteiger partial charge in [0.15, 0.2) is 0 Å². The summed E-state index contributed by atoms with van der Waals surface area (Å²) in [6, 6.07) is 0.355. The van der Waals surface area contributed by atoms with Gasteiger partial charge in [-0.3, -0.25) is 0 Å². The van der Waals surface area contributed by atoms with Crippen molar-refractivity contribution in [3.8, 4) is 0 Å². The molecule has 0 bridgehead atoms. The van der Waals surface area contributed by atoms with Gasteiger partial charge in [-0.25, -0.2) is 0 Å². The summed E-state index contributed by atoms with van der Waals surface area (Å²) in [6.07, 6.45) is 3.00. The molecule has 0 saturated heterocycles. The molecule has 1 N–H and O–H groups in total. The van der Waals surface area contributed by atoms with Crippen molar-refractivity contribution in [1.29, 1.82) is 0 Å². The van der Waals surface area contributed by atoms with Crippen molar-refractivity contribution in [2.24, 2.45) is 5.92 Å². The first-order valence-corrected chi connectivity index (χ1v) is 4.97. The molecule has 4 heteroatoms. The van der Waals surface area contributed by atoms with Crippen molar-refractivity contribution >= 4 is 11.7 Å². The van der Waals surface area contributed by atoms with Gasteiger partial charge >= 0.3 is 0 Å². The number of hydrogen-bond donors (Lipinski definition) is 1. The standard InChI is InChI=1S/C8H15N3S/c1-4-6(2)8(9-3)7-5-10-12-11-7/h5-6,8-9H,4H2,1-3H3. The summed E-state index contributed by atoms with van der Waals surface area (Å²) in [5.74, 6) is 0.610. The van der Waals surface area contributed by atoms with Crippen LogP contribution in [0.3, 0.4) is 0 Å². The van der Waals surface area contributed by atoms with E-state index in [0.29, 0.717) is 12.0 Å². The Balaban J connectivity index is 2.69. The molecule has 1 rings (SSSR count). The fourth-order valence-corrected chi connectivity index (χ4v) is 1.73. The van der Waals surface area contributed by atoms with E-state index in [-0.39, 0.29) is 0 Å². The van der Waals surface area contributed by atoms with E-state index in [2.05, 4.69) is 27.9 Å². The Morgan fingerprint density at radius 2 is 2.42 bits per heavy atom. The Hall–Kier alpha value is -0.480. The Labute approximate surface area is 77.5 Å². The van der Waals surface area contributed by atoms with Crippen molar-refractivity contribution < 1.29 is 0 Å². The second-order valence-electron chi connectivity index (χ2n) is 2.98. The quantitative estimate of drug-likeness (QED) is 0.778. The highest BCUT2D eigenvalue weighted by atomic mass is 32.1. The maximum absolute atomic E-state index is 4.22. The highest BCUT2D eigenvalue weighted by Crippen LogP contribution is 2.21. The summed E-state index contributed by atoms with van der Waals surface area (Å²) < 4.78 is 8.22. The monoisotopic (exact) mass is 185 g/mol. The van der Waals surface area contributed by atoms with Gasteiger partial charge in [0.25, 0.3) is 0 Å². The van der Waals surface area contributed by atoms with E-state index < -0.39 is 0 Å². The number of hydrogen-bond acceptors (Lipinski definition) is 4. The van der Waals surface area contributed by atoms with Crippen molar-refractivity contribution in [1.82, 2.24) is 14.1 Å². The normalized spacial score (nSPS) is 15.9. The van der Waals surface area contributed by atoms with E-state index in [0.717, 1.165) is 12.1 Å². The maximum Gasteiger partial charge on any atom is 0.0914 e. The molecule has 2 unspecified atom stereocenters. The van der Waals surface area contributed by atoms with Gasteiger partial charge in [-0.1, -0.05) is 20.3 Å². The van der Waals surface area contributed by atoms with Crippen LogP contribution in [0.4, 0.5) is 0 Å². The van der Waals surface area contributed by atoms with Gasteiger partial charge in [0.1, 0.15) is 0 Å². The molecule has 0 aliphatic rings. The number of nitrogens with one attached hydrogen (secondary N) is 1. The molecule has 12 heavy (non-hydrogen) atoms. The topological polar surface area (TPSA) is 37.8 Å². The van der Waals surface area contributed by atoms with E-state index in [1.54, 1.807) is 0 Å². The molecule has 0 amide bonds. The average molecular weight is 185 g/mol. The Bertz CT molecular complexity index is 210. The fourth-order valence-electron chi connectivity index (χ4n) is 1.27. The first kappa shape index (κ1) is 9.61. The SMILES string of the molecule is CCC(C)C(NC)c1cnsn1. The highest BCUT2D eigenvalue weighted by molar-refractivity contribution is 6.99. The predicted octanol–water partition coefficient (Wildman–Crippen LogP) is 1.84. The van der Waals surface area contributed by atoms with E-state index in [1.807, 2.05) is 13.2 Å². The number of aromatic nitrogens is 2. The number of nitrogens with zero attached hydrogens (tertiary/aromatic N) is 2. The molecule has 0 spiro atoms. The van der Waals surface area contributed by atoms with E-state index in [1.165, 1.54) is 11.7 Å². The van der Waals surface area contributed by atoms with Crippen molar-refractivity contribution in [2.75, 3.05) is 7.05 Å². The van der Waals surface area contributed by atoms with Gasteiger partial charge in [-0.15, -0.1) is 0 Å². The lowest BCUT2D eigenvalue weighted by Gasteiger charge is -2.19. The zero-order chi connectivity index (χ0) is 8.97. The zero-order valence-corrected chi connectivity index (χ0v) is 8.56. The van der Waals surface area contributed by atoms with Crippen LogP contribution in [0.25, 0.3) is 0 Å². The second kappa shape index (κ2) is 4.52. The molecule has 3 nitrogen and oxygen atoms in total. The van der Waals surface area contributed by atoms with Gasteiger partial charge in [0.2, 0.25) is 0 Å². The lowest BCUT2D eigenvalue weighted by atomic mass is 9.97. The van der Waals surface area contributed by atoms with Crippen LogP contribution in [0.2, 0.25) is 0 Å².